The Morgan fingerprint density at radius 2 is 1.50 bits per heavy atom. The second-order valence-corrected chi connectivity index (χ2v) is 4.66. The minimum absolute atomic E-state index is 0.0895. The molecule has 2 aromatic rings. The summed E-state index contributed by atoms with van der Waals surface area (Å²) < 4.78 is 0. The van der Waals surface area contributed by atoms with Gasteiger partial charge in [-0.15, -0.1) is 0 Å². The lowest BCUT2D eigenvalue weighted by atomic mass is 10.1. The number of rotatable bonds is 3. The van der Waals surface area contributed by atoms with E-state index in [-0.39, 0.29) is 11.1 Å². The summed E-state index contributed by atoms with van der Waals surface area (Å²) >= 11 is 0. The number of carboxylic acid groups (broad SMARTS) is 1. The minimum atomic E-state index is -1.36. The number of nitrogens with one attached hydrogen (secondary N) is 1. The molecule has 20 heavy (non-hydrogen) atoms. The second-order valence-electron chi connectivity index (χ2n) is 4.66. The highest BCUT2D eigenvalue weighted by Crippen LogP contribution is 2.16. The maximum Gasteiger partial charge on any atom is 0.256 e. The molecule has 0 fully saturated rings. The first-order valence-corrected chi connectivity index (χ1v) is 6.17. The van der Waals surface area contributed by atoms with Crippen molar-refractivity contribution >= 4 is 17.6 Å². The average Bonchev–Trinajstić information content (AvgIpc) is 2.37. The standard InChI is InChI=1S/C16H15NO3/c1-10-7-11(2)9-12(8-10)17-15(18)13-5-3-4-6-14(13)16(19)20/h3-9H,1-2H3,(H,17,18)(H,19,20)/p-1. The number of aromatic carboxylic acids is 1. The molecule has 2 rings (SSSR count). The molecular formula is C16H14NO3-. The van der Waals surface area contributed by atoms with Gasteiger partial charge in [0.2, 0.25) is 0 Å². The lowest BCUT2D eigenvalue weighted by Crippen LogP contribution is -2.26. The molecule has 0 spiro atoms. The number of carboxylic acids is 1. The van der Waals surface area contributed by atoms with Gasteiger partial charge in [-0.1, -0.05) is 24.3 Å². The van der Waals surface area contributed by atoms with E-state index in [0.717, 1.165) is 11.1 Å². The van der Waals surface area contributed by atoms with Gasteiger partial charge >= 0.3 is 0 Å². The summed E-state index contributed by atoms with van der Waals surface area (Å²) in [5.41, 5.74) is 2.66. The van der Waals surface area contributed by atoms with Crippen LogP contribution in [0.3, 0.4) is 0 Å². The topological polar surface area (TPSA) is 69.2 Å². The Bertz CT molecular complexity index is 657. The highest BCUT2D eigenvalue weighted by molar-refractivity contribution is 6.10. The Balaban J connectivity index is 2.31. The van der Waals surface area contributed by atoms with E-state index in [1.165, 1.54) is 12.1 Å². The lowest BCUT2D eigenvalue weighted by molar-refractivity contribution is -0.255. The van der Waals surface area contributed by atoms with Gasteiger partial charge in [0.25, 0.3) is 5.91 Å². The fraction of sp³-hybridized carbons (Fsp3) is 0.125. The summed E-state index contributed by atoms with van der Waals surface area (Å²) in [5, 5.41) is 13.7. The van der Waals surface area contributed by atoms with E-state index in [4.69, 9.17) is 0 Å². The molecule has 0 aliphatic heterocycles. The number of aryl methyl sites for hydroxylation is 2. The van der Waals surface area contributed by atoms with Crippen LogP contribution < -0.4 is 10.4 Å². The molecule has 0 atom stereocenters. The Morgan fingerprint density at radius 1 is 0.950 bits per heavy atom. The molecule has 2 aromatic carbocycles. The predicted octanol–water partition coefficient (Wildman–Crippen LogP) is 1.92. The molecule has 0 aliphatic carbocycles. The first kappa shape index (κ1) is 13.8. The molecule has 0 saturated heterocycles. The Kier molecular flexibility index (Phi) is 3.84. The van der Waals surface area contributed by atoms with Gasteiger partial charge in [0.05, 0.1) is 5.97 Å². The van der Waals surface area contributed by atoms with Crippen LogP contribution in [0, 0.1) is 13.8 Å². The molecule has 0 aliphatic rings. The zero-order chi connectivity index (χ0) is 14.7. The number of hydrogen-bond acceptors (Lipinski definition) is 3. The van der Waals surface area contributed by atoms with E-state index in [9.17, 15) is 14.7 Å². The van der Waals surface area contributed by atoms with Gasteiger partial charge in [0.1, 0.15) is 0 Å². The molecule has 0 unspecified atom stereocenters. The van der Waals surface area contributed by atoms with E-state index < -0.39 is 11.9 Å². The largest absolute Gasteiger partial charge is 0.545 e. The van der Waals surface area contributed by atoms with E-state index in [1.54, 1.807) is 12.1 Å². The van der Waals surface area contributed by atoms with Crippen molar-refractivity contribution < 1.29 is 14.7 Å². The molecule has 1 N–H and O–H groups in total. The average molecular weight is 268 g/mol. The second kappa shape index (κ2) is 5.57. The van der Waals surface area contributed by atoms with Crippen LogP contribution in [0.2, 0.25) is 0 Å². The predicted molar refractivity (Wildman–Crippen MR) is 74.6 cm³/mol. The van der Waals surface area contributed by atoms with Crippen LogP contribution in [0.1, 0.15) is 31.8 Å². The molecule has 4 heteroatoms. The molecule has 0 bridgehead atoms. The van der Waals surface area contributed by atoms with Crippen LogP contribution in [0.15, 0.2) is 42.5 Å². The summed E-state index contributed by atoms with van der Waals surface area (Å²) in [6, 6.07) is 11.6. The third kappa shape index (κ3) is 3.03. The van der Waals surface area contributed by atoms with E-state index in [2.05, 4.69) is 5.32 Å². The first-order valence-electron chi connectivity index (χ1n) is 6.17. The van der Waals surface area contributed by atoms with Crippen molar-refractivity contribution in [3.63, 3.8) is 0 Å². The molecule has 4 nitrogen and oxygen atoms in total. The summed E-state index contributed by atoms with van der Waals surface area (Å²) in [4.78, 5) is 23.2. The Labute approximate surface area is 117 Å². The van der Waals surface area contributed by atoms with Crippen LogP contribution in [0.5, 0.6) is 0 Å². The SMILES string of the molecule is Cc1cc(C)cc(NC(=O)c2ccccc2C(=O)[O-])c1. The van der Waals surface area contributed by atoms with Crippen molar-refractivity contribution in [3.8, 4) is 0 Å². The summed E-state index contributed by atoms with van der Waals surface area (Å²) in [7, 11) is 0. The highest BCUT2D eigenvalue weighted by Gasteiger charge is 2.11. The monoisotopic (exact) mass is 268 g/mol. The number of hydrogen-bond donors (Lipinski definition) is 1. The van der Waals surface area contributed by atoms with Gasteiger partial charge in [-0.05, 0) is 43.2 Å². The number of anilines is 1. The molecule has 0 aromatic heterocycles. The molecule has 102 valence electrons. The maximum absolute atomic E-state index is 12.2. The van der Waals surface area contributed by atoms with E-state index >= 15 is 0 Å². The highest BCUT2D eigenvalue weighted by atomic mass is 16.4. The van der Waals surface area contributed by atoms with Crippen LogP contribution in [-0.4, -0.2) is 11.9 Å². The maximum atomic E-state index is 12.2. The molecule has 0 radical (unpaired) electrons. The zero-order valence-electron chi connectivity index (χ0n) is 11.3. The van der Waals surface area contributed by atoms with Crippen LogP contribution in [0.4, 0.5) is 5.69 Å². The number of carbonyl (C=O) groups is 2. The fourth-order valence-electron chi connectivity index (χ4n) is 2.10. The quantitative estimate of drug-likeness (QED) is 0.924. The van der Waals surface area contributed by atoms with Crippen LogP contribution in [0.25, 0.3) is 0 Å². The Morgan fingerprint density at radius 3 is 2.05 bits per heavy atom. The molecule has 0 heterocycles. The summed E-state index contributed by atoms with van der Waals surface area (Å²) in [6.45, 7) is 3.86. The van der Waals surface area contributed by atoms with Crippen LogP contribution in [-0.2, 0) is 0 Å². The smallest absolute Gasteiger partial charge is 0.256 e. The van der Waals surface area contributed by atoms with Crippen molar-refractivity contribution in [2.24, 2.45) is 0 Å². The van der Waals surface area contributed by atoms with Crippen molar-refractivity contribution in [1.29, 1.82) is 0 Å². The van der Waals surface area contributed by atoms with Gasteiger partial charge in [-0.2, -0.15) is 0 Å². The fourth-order valence-corrected chi connectivity index (χ4v) is 2.10. The summed E-state index contributed by atoms with van der Waals surface area (Å²) in [6.07, 6.45) is 0. The van der Waals surface area contributed by atoms with Crippen LogP contribution >= 0.6 is 0 Å². The number of benzene rings is 2. The van der Waals surface area contributed by atoms with Crippen molar-refractivity contribution in [1.82, 2.24) is 0 Å². The number of carbonyl (C=O) groups excluding carboxylic acids is 2. The van der Waals surface area contributed by atoms with E-state index in [1.807, 2.05) is 32.0 Å². The Hall–Kier alpha value is -2.62. The van der Waals surface area contributed by atoms with Crippen molar-refractivity contribution in [3.05, 3.63) is 64.7 Å². The molecular weight excluding hydrogens is 254 g/mol. The molecule has 0 saturated carbocycles. The normalized spacial score (nSPS) is 10.1. The number of amides is 1. The van der Waals surface area contributed by atoms with E-state index in [0.29, 0.717) is 5.69 Å². The summed E-state index contributed by atoms with van der Waals surface area (Å²) in [5.74, 6) is -1.83. The minimum Gasteiger partial charge on any atom is -0.545 e. The van der Waals surface area contributed by atoms with Gasteiger partial charge in [-0.3, -0.25) is 4.79 Å². The zero-order valence-corrected chi connectivity index (χ0v) is 11.3. The lowest BCUT2D eigenvalue weighted by Gasteiger charge is -2.11. The van der Waals surface area contributed by atoms with Gasteiger partial charge in [0.15, 0.2) is 0 Å². The molecule has 1 amide bonds. The van der Waals surface area contributed by atoms with Gasteiger partial charge < -0.3 is 15.2 Å². The third-order valence-corrected chi connectivity index (χ3v) is 2.87. The van der Waals surface area contributed by atoms with Crippen molar-refractivity contribution in [2.45, 2.75) is 13.8 Å². The van der Waals surface area contributed by atoms with Gasteiger partial charge in [0, 0.05) is 16.8 Å². The van der Waals surface area contributed by atoms with Crippen molar-refractivity contribution in [2.75, 3.05) is 5.32 Å². The first-order chi connectivity index (χ1) is 9.47. The third-order valence-electron chi connectivity index (χ3n) is 2.87. The van der Waals surface area contributed by atoms with Gasteiger partial charge in [-0.25, -0.2) is 0 Å².